The minimum atomic E-state index is -4.73. The summed E-state index contributed by atoms with van der Waals surface area (Å²) in [6.07, 6.45) is -1.78. The molecule has 0 aromatic carbocycles. The fraction of sp³-hybridized carbons (Fsp3) is 0.667. The van der Waals surface area contributed by atoms with Crippen molar-refractivity contribution in [2.75, 3.05) is 0 Å². The first-order valence-corrected chi connectivity index (χ1v) is 4.74. The molecule has 0 spiro atoms. The first-order valence-electron chi connectivity index (χ1n) is 4.74. The average Bonchev–Trinajstić information content (AvgIpc) is 2.53. The molecule has 0 aliphatic carbocycles. The molecule has 0 bridgehead atoms. The molecule has 1 rings (SSSR count). The van der Waals surface area contributed by atoms with Gasteiger partial charge in [-0.15, -0.1) is 23.2 Å². The summed E-state index contributed by atoms with van der Waals surface area (Å²) in [5, 5.41) is 0.428. The van der Waals surface area contributed by atoms with Crippen LogP contribution in [-0.2, 0) is 9.68 Å². The zero-order chi connectivity index (χ0) is 11.5. The fourth-order valence-corrected chi connectivity index (χ4v) is 1.44. The third-order valence-corrected chi connectivity index (χ3v) is 2.20. The third-order valence-electron chi connectivity index (χ3n) is 2.20. The smallest absolute Gasteiger partial charge is 0.238 e. The van der Waals surface area contributed by atoms with Gasteiger partial charge in [-0.25, -0.2) is 4.84 Å². The Kier molecular flexibility index (Phi) is 3.98. The average molecular weight is 224 g/mol. The largest absolute Gasteiger partial charge is 0.545 e. The Balaban J connectivity index is 2.63. The van der Waals surface area contributed by atoms with E-state index in [0.29, 0.717) is 10.9 Å². The second-order valence-corrected chi connectivity index (χ2v) is 3.14. The first-order chi connectivity index (χ1) is 6.98. The summed E-state index contributed by atoms with van der Waals surface area (Å²) in [5.74, 6) is 0.00565. The van der Waals surface area contributed by atoms with Crippen LogP contribution >= 0.6 is 0 Å². The molecule has 1 radical (unpaired) electrons. The molecule has 0 atom stereocenters. The van der Waals surface area contributed by atoms with Crippen LogP contribution in [0, 0.1) is 12.5 Å². The Morgan fingerprint density at radius 1 is 1.40 bits per heavy atom. The number of nitrogens with zero attached hydrogens (tertiary/aromatic N) is 1. The Bertz CT molecular complexity index is 236. The highest BCUT2D eigenvalue weighted by Crippen LogP contribution is 2.31. The SMILES string of the molecule is CCC(CC)C1=C[CH]ON1OC(F)(F)F. The third kappa shape index (κ3) is 3.39. The Morgan fingerprint density at radius 2 is 2.00 bits per heavy atom. The normalized spacial score (nSPS) is 17.5. The van der Waals surface area contributed by atoms with Crippen LogP contribution < -0.4 is 0 Å². The van der Waals surface area contributed by atoms with Crippen molar-refractivity contribution in [2.45, 2.75) is 33.1 Å². The van der Waals surface area contributed by atoms with E-state index in [-0.39, 0.29) is 5.92 Å². The van der Waals surface area contributed by atoms with Crippen LogP contribution in [0.25, 0.3) is 0 Å². The Labute approximate surface area is 86.4 Å². The van der Waals surface area contributed by atoms with Crippen molar-refractivity contribution in [3.05, 3.63) is 18.4 Å². The number of halogens is 3. The van der Waals surface area contributed by atoms with Crippen molar-refractivity contribution in [3.63, 3.8) is 0 Å². The highest BCUT2D eigenvalue weighted by atomic mass is 19.4. The van der Waals surface area contributed by atoms with Crippen molar-refractivity contribution in [3.8, 4) is 0 Å². The van der Waals surface area contributed by atoms with Gasteiger partial charge in [0.1, 0.15) is 6.61 Å². The zero-order valence-corrected chi connectivity index (χ0v) is 8.54. The van der Waals surface area contributed by atoms with E-state index in [2.05, 4.69) is 9.68 Å². The van der Waals surface area contributed by atoms with E-state index in [1.54, 1.807) is 0 Å². The Morgan fingerprint density at radius 3 is 2.47 bits per heavy atom. The van der Waals surface area contributed by atoms with Crippen LogP contribution in [0.4, 0.5) is 13.2 Å². The molecule has 3 nitrogen and oxygen atoms in total. The molecule has 0 unspecified atom stereocenters. The topological polar surface area (TPSA) is 21.7 Å². The lowest BCUT2D eigenvalue weighted by Crippen LogP contribution is -2.30. The molecule has 0 N–H and O–H groups in total. The number of hydrogen-bond donors (Lipinski definition) is 0. The van der Waals surface area contributed by atoms with Crippen molar-refractivity contribution in [1.82, 2.24) is 5.23 Å². The minimum Gasteiger partial charge on any atom is -0.238 e. The number of hydroxylamine groups is 2. The van der Waals surface area contributed by atoms with E-state index >= 15 is 0 Å². The second-order valence-electron chi connectivity index (χ2n) is 3.14. The molecule has 1 heterocycles. The van der Waals surface area contributed by atoms with E-state index in [9.17, 15) is 13.2 Å². The molecule has 1 aliphatic rings. The van der Waals surface area contributed by atoms with E-state index in [1.807, 2.05) is 13.8 Å². The maximum Gasteiger partial charge on any atom is 0.545 e. The van der Waals surface area contributed by atoms with Gasteiger partial charge in [0.2, 0.25) is 0 Å². The van der Waals surface area contributed by atoms with Crippen molar-refractivity contribution >= 4 is 0 Å². The van der Waals surface area contributed by atoms with E-state index in [1.165, 1.54) is 12.7 Å². The van der Waals surface area contributed by atoms with E-state index in [4.69, 9.17) is 0 Å². The summed E-state index contributed by atoms with van der Waals surface area (Å²) in [7, 11) is 0. The van der Waals surface area contributed by atoms with Crippen molar-refractivity contribution < 1.29 is 22.8 Å². The van der Waals surface area contributed by atoms with Crippen LogP contribution in [0.15, 0.2) is 11.8 Å². The maximum absolute atomic E-state index is 12.0. The van der Waals surface area contributed by atoms with Crippen molar-refractivity contribution in [2.24, 2.45) is 5.92 Å². The summed E-state index contributed by atoms with van der Waals surface area (Å²) < 4.78 is 35.9. The first kappa shape index (κ1) is 12.3. The predicted molar refractivity (Wildman–Crippen MR) is 46.5 cm³/mol. The Hall–Kier alpha value is -0.750. The lowest BCUT2D eigenvalue weighted by molar-refractivity contribution is -0.473. The van der Waals surface area contributed by atoms with Gasteiger partial charge in [0, 0.05) is 5.92 Å². The van der Waals surface area contributed by atoms with Gasteiger partial charge in [-0.3, -0.25) is 0 Å². The number of rotatable bonds is 4. The predicted octanol–water partition coefficient (Wildman–Crippen LogP) is 3.17. The molecule has 0 amide bonds. The molecule has 1 aliphatic heterocycles. The molecule has 6 heteroatoms. The summed E-state index contributed by atoms with van der Waals surface area (Å²) >= 11 is 0. The van der Waals surface area contributed by atoms with Crippen LogP contribution in [0.3, 0.4) is 0 Å². The molecule has 0 fully saturated rings. The quantitative estimate of drug-likeness (QED) is 0.732. The molecule has 0 aromatic rings. The van der Waals surface area contributed by atoms with Crippen LogP contribution in [0.1, 0.15) is 26.7 Å². The molecule has 87 valence electrons. The van der Waals surface area contributed by atoms with Gasteiger partial charge in [-0.05, 0) is 18.9 Å². The summed E-state index contributed by atoms with van der Waals surface area (Å²) in [6, 6.07) is 0. The van der Waals surface area contributed by atoms with Gasteiger partial charge in [-0.2, -0.15) is 0 Å². The number of hydrogen-bond acceptors (Lipinski definition) is 3. The van der Waals surface area contributed by atoms with Gasteiger partial charge in [0.25, 0.3) is 0 Å². The standard InChI is InChI=1S/C9H13F3NO2/c1-3-7(4-2)8-5-6-14-13(8)15-9(10,11)12/h5-7H,3-4H2,1-2H3. The minimum absolute atomic E-state index is 0.00565. The molecule has 0 saturated heterocycles. The van der Waals surface area contributed by atoms with Crippen LogP contribution in [0.2, 0.25) is 0 Å². The lowest BCUT2D eigenvalue weighted by atomic mass is 10.00. The van der Waals surface area contributed by atoms with Gasteiger partial charge in [0.05, 0.1) is 5.70 Å². The van der Waals surface area contributed by atoms with Gasteiger partial charge in [0.15, 0.2) is 0 Å². The van der Waals surface area contributed by atoms with E-state index < -0.39 is 6.36 Å². The van der Waals surface area contributed by atoms with Crippen molar-refractivity contribution in [1.29, 1.82) is 0 Å². The highest BCUT2D eigenvalue weighted by molar-refractivity contribution is 5.09. The number of allylic oxidation sites excluding steroid dienone is 1. The summed E-state index contributed by atoms with van der Waals surface area (Å²) in [6.45, 7) is 4.98. The van der Waals surface area contributed by atoms with Gasteiger partial charge >= 0.3 is 6.36 Å². The molecule has 15 heavy (non-hydrogen) atoms. The fourth-order valence-electron chi connectivity index (χ4n) is 1.44. The van der Waals surface area contributed by atoms with E-state index in [0.717, 1.165) is 12.8 Å². The zero-order valence-electron chi connectivity index (χ0n) is 8.54. The monoisotopic (exact) mass is 224 g/mol. The second kappa shape index (κ2) is 4.85. The van der Waals surface area contributed by atoms with Gasteiger partial charge in [-0.1, -0.05) is 13.8 Å². The summed E-state index contributed by atoms with van der Waals surface area (Å²) in [4.78, 5) is 8.31. The van der Waals surface area contributed by atoms with Crippen LogP contribution in [-0.4, -0.2) is 11.6 Å². The molecule has 0 saturated carbocycles. The molecule has 0 aromatic heterocycles. The summed E-state index contributed by atoms with van der Waals surface area (Å²) in [5.41, 5.74) is 0.400. The highest BCUT2D eigenvalue weighted by Gasteiger charge is 2.37. The maximum atomic E-state index is 12.0. The molecular formula is C9H13F3NO2. The molecular weight excluding hydrogens is 211 g/mol. The van der Waals surface area contributed by atoms with Gasteiger partial charge < -0.3 is 0 Å². The number of alkyl halides is 3. The van der Waals surface area contributed by atoms with Crippen LogP contribution in [0.5, 0.6) is 0 Å². The lowest BCUT2D eigenvalue weighted by Gasteiger charge is -2.24.